The van der Waals surface area contributed by atoms with Gasteiger partial charge in [0.2, 0.25) is 0 Å². The van der Waals surface area contributed by atoms with Crippen molar-refractivity contribution in [3.05, 3.63) is 53.6 Å². The Kier molecular flexibility index (Phi) is 2.94. The van der Waals surface area contributed by atoms with E-state index in [1.165, 1.54) is 6.07 Å². The standard InChI is InChI=1S/C17H13FN2O3/c18-12-2-3-13(19-8-12)9-20-14-4-1-11(10-21)7-15(14)23-17(5-6-17)16(20)22/h1-4,7-8,10H,5-6,9H2. The van der Waals surface area contributed by atoms with Gasteiger partial charge in [0.25, 0.3) is 5.91 Å². The zero-order valence-electron chi connectivity index (χ0n) is 12.2. The van der Waals surface area contributed by atoms with Crippen molar-refractivity contribution in [1.82, 2.24) is 4.98 Å². The Morgan fingerprint density at radius 2 is 2.13 bits per heavy atom. The molecule has 1 amide bonds. The summed E-state index contributed by atoms with van der Waals surface area (Å²) in [6.45, 7) is 0.234. The number of aromatic nitrogens is 1. The van der Waals surface area contributed by atoms with Gasteiger partial charge in [-0.25, -0.2) is 4.39 Å². The monoisotopic (exact) mass is 312 g/mol. The minimum atomic E-state index is -0.811. The number of fused-ring (bicyclic) bond motifs is 1. The molecule has 2 aliphatic rings. The third-order valence-corrected chi connectivity index (χ3v) is 4.16. The molecule has 0 atom stereocenters. The van der Waals surface area contributed by atoms with Crippen LogP contribution in [0.1, 0.15) is 28.9 Å². The zero-order chi connectivity index (χ0) is 16.0. The predicted molar refractivity (Wildman–Crippen MR) is 79.8 cm³/mol. The van der Waals surface area contributed by atoms with Gasteiger partial charge in [-0.05, 0) is 30.3 Å². The minimum Gasteiger partial charge on any atom is -0.475 e. The Hall–Kier alpha value is -2.76. The largest absolute Gasteiger partial charge is 0.475 e. The van der Waals surface area contributed by atoms with E-state index in [0.717, 1.165) is 12.5 Å². The number of carbonyl (C=O) groups is 2. The lowest BCUT2D eigenvalue weighted by Crippen LogP contribution is -2.47. The molecule has 6 heteroatoms. The number of halogens is 1. The predicted octanol–water partition coefficient (Wildman–Crippen LogP) is 2.49. The Balaban J connectivity index is 1.74. The van der Waals surface area contributed by atoms with Crippen molar-refractivity contribution in [2.24, 2.45) is 0 Å². The summed E-state index contributed by atoms with van der Waals surface area (Å²) in [5.41, 5.74) is 0.870. The molecule has 2 heterocycles. The number of aldehydes is 1. The average Bonchev–Trinajstić information content (AvgIpc) is 3.33. The number of hydrogen-bond acceptors (Lipinski definition) is 4. The van der Waals surface area contributed by atoms with Crippen LogP contribution in [-0.4, -0.2) is 22.8 Å². The van der Waals surface area contributed by atoms with E-state index in [0.29, 0.717) is 35.5 Å². The molecule has 0 N–H and O–H groups in total. The van der Waals surface area contributed by atoms with Gasteiger partial charge in [0.15, 0.2) is 5.60 Å². The highest BCUT2D eigenvalue weighted by atomic mass is 19.1. The lowest BCUT2D eigenvalue weighted by molar-refractivity contribution is -0.128. The summed E-state index contributed by atoms with van der Waals surface area (Å²) in [6, 6.07) is 7.84. The van der Waals surface area contributed by atoms with Crippen molar-refractivity contribution in [3.8, 4) is 5.75 Å². The maximum absolute atomic E-state index is 13.0. The van der Waals surface area contributed by atoms with Crippen molar-refractivity contribution >= 4 is 17.9 Å². The van der Waals surface area contributed by atoms with Gasteiger partial charge in [0, 0.05) is 18.4 Å². The van der Waals surface area contributed by atoms with E-state index in [2.05, 4.69) is 4.98 Å². The van der Waals surface area contributed by atoms with Crippen molar-refractivity contribution < 1.29 is 18.7 Å². The Labute approximate surface area is 131 Å². The van der Waals surface area contributed by atoms with Gasteiger partial charge in [-0.2, -0.15) is 0 Å². The number of carbonyl (C=O) groups excluding carboxylic acids is 2. The first-order valence-electron chi connectivity index (χ1n) is 7.32. The summed E-state index contributed by atoms with van der Waals surface area (Å²) in [7, 11) is 0. The van der Waals surface area contributed by atoms with Crippen LogP contribution in [0, 0.1) is 5.82 Å². The summed E-state index contributed by atoms with van der Waals surface area (Å²) in [5.74, 6) is -0.0134. The third kappa shape index (κ3) is 2.27. The first-order chi connectivity index (χ1) is 11.1. The highest BCUT2D eigenvalue weighted by molar-refractivity contribution is 6.04. The molecule has 1 aliphatic carbocycles. The maximum Gasteiger partial charge on any atom is 0.271 e. The van der Waals surface area contributed by atoms with Crippen LogP contribution in [-0.2, 0) is 11.3 Å². The van der Waals surface area contributed by atoms with Crippen LogP contribution in [0.3, 0.4) is 0 Å². The molecule has 0 saturated heterocycles. The number of benzene rings is 1. The van der Waals surface area contributed by atoms with Gasteiger partial charge in [0.1, 0.15) is 17.9 Å². The zero-order valence-corrected chi connectivity index (χ0v) is 12.2. The second kappa shape index (κ2) is 4.87. The highest BCUT2D eigenvalue weighted by Crippen LogP contribution is 2.49. The van der Waals surface area contributed by atoms with E-state index in [9.17, 15) is 14.0 Å². The third-order valence-electron chi connectivity index (χ3n) is 4.16. The molecule has 1 aromatic heterocycles. The van der Waals surface area contributed by atoms with Crippen LogP contribution >= 0.6 is 0 Å². The van der Waals surface area contributed by atoms with E-state index < -0.39 is 11.4 Å². The lowest BCUT2D eigenvalue weighted by Gasteiger charge is -2.34. The maximum atomic E-state index is 13.0. The topological polar surface area (TPSA) is 59.5 Å². The summed E-state index contributed by atoms with van der Waals surface area (Å²) in [5, 5.41) is 0. The first-order valence-corrected chi connectivity index (χ1v) is 7.32. The van der Waals surface area contributed by atoms with Crippen LogP contribution in [0.4, 0.5) is 10.1 Å². The molecule has 1 spiro atoms. The molecular weight excluding hydrogens is 299 g/mol. The fraction of sp³-hybridized carbons (Fsp3) is 0.235. The summed E-state index contributed by atoms with van der Waals surface area (Å²) >= 11 is 0. The molecule has 23 heavy (non-hydrogen) atoms. The molecule has 2 aromatic rings. The fourth-order valence-electron chi connectivity index (χ4n) is 2.77. The minimum absolute atomic E-state index is 0.116. The molecule has 0 bridgehead atoms. The first kappa shape index (κ1) is 13.9. The molecule has 1 aromatic carbocycles. The summed E-state index contributed by atoms with van der Waals surface area (Å²) in [4.78, 5) is 29.3. The van der Waals surface area contributed by atoms with E-state index in [-0.39, 0.29) is 12.5 Å². The molecular formula is C17H13FN2O3. The fourth-order valence-corrected chi connectivity index (χ4v) is 2.77. The second-order valence-corrected chi connectivity index (χ2v) is 5.80. The number of anilines is 1. The van der Waals surface area contributed by atoms with Crippen molar-refractivity contribution in [3.63, 3.8) is 0 Å². The quantitative estimate of drug-likeness (QED) is 0.817. The van der Waals surface area contributed by atoms with E-state index in [1.807, 2.05) is 0 Å². The number of amides is 1. The van der Waals surface area contributed by atoms with Gasteiger partial charge in [-0.15, -0.1) is 0 Å². The van der Waals surface area contributed by atoms with Gasteiger partial charge in [0.05, 0.1) is 24.1 Å². The molecule has 0 unspecified atom stereocenters. The van der Waals surface area contributed by atoms with Crippen molar-refractivity contribution in [2.75, 3.05) is 4.90 Å². The number of rotatable bonds is 3. The number of nitrogens with zero attached hydrogens (tertiary/aromatic N) is 2. The lowest BCUT2D eigenvalue weighted by atomic mass is 10.1. The van der Waals surface area contributed by atoms with Gasteiger partial charge < -0.3 is 4.74 Å². The summed E-state index contributed by atoms with van der Waals surface area (Å²) in [6.07, 6.45) is 3.18. The molecule has 1 aliphatic heterocycles. The molecule has 5 nitrogen and oxygen atoms in total. The molecule has 1 saturated carbocycles. The molecule has 1 fully saturated rings. The van der Waals surface area contributed by atoms with Gasteiger partial charge in [-0.1, -0.05) is 0 Å². The Morgan fingerprint density at radius 1 is 1.30 bits per heavy atom. The van der Waals surface area contributed by atoms with Crippen molar-refractivity contribution in [1.29, 1.82) is 0 Å². The number of hydrogen-bond donors (Lipinski definition) is 0. The van der Waals surface area contributed by atoms with Crippen LogP contribution < -0.4 is 9.64 Å². The molecule has 0 radical (unpaired) electrons. The molecule has 116 valence electrons. The SMILES string of the molecule is O=Cc1ccc2c(c1)OC1(CC1)C(=O)N2Cc1ccc(F)cn1. The number of pyridine rings is 1. The van der Waals surface area contributed by atoms with E-state index in [4.69, 9.17) is 4.74 Å². The van der Waals surface area contributed by atoms with E-state index >= 15 is 0 Å². The Morgan fingerprint density at radius 3 is 2.78 bits per heavy atom. The van der Waals surface area contributed by atoms with Crippen LogP contribution in [0.5, 0.6) is 5.75 Å². The smallest absolute Gasteiger partial charge is 0.271 e. The Bertz CT molecular complexity index is 800. The normalized spacial score (nSPS) is 17.6. The summed E-state index contributed by atoms with van der Waals surface area (Å²) < 4.78 is 18.8. The number of ether oxygens (including phenoxy) is 1. The van der Waals surface area contributed by atoms with Crippen molar-refractivity contribution in [2.45, 2.75) is 25.0 Å². The molecule has 4 rings (SSSR count). The van der Waals surface area contributed by atoms with E-state index in [1.54, 1.807) is 29.2 Å². The van der Waals surface area contributed by atoms with Crippen LogP contribution in [0.2, 0.25) is 0 Å². The van der Waals surface area contributed by atoms with Gasteiger partial charge >= 0.3 is 0 Å². The van der Waals surface area contributed by atoms with Gasteiger partial charge in [-0.3, -0.25) is 19.5 Å². The highest BCUT2D eigenvalue weighted by Gasteiger charge is 2.57. The average molecular weight is 312 g/mol. The second-order valence-electron chi connectivity index (χ2n) is 5.80. The van der Waals surface area contributed by atoms with Crippen LogP contribution in [0.15, 0.2) is 36.5 Å². The van der Waals surface area contributed by atoms with Crippen LogP contribution in [0.25, 0.3) is 0 Å².